The smallest absolute Gasteiger partial charge is 0.293 e. The summed E-state index contributed by atoms with van der Waals surface area (Å²) in [4.78, 5) is 25.3. The number of nitrogens with one attached hydrogen (secondary N) is 1. The number of aryl methyl sites for hydroxylation is 2. The maximum absolute atomic E-state index is 12.6. The number of carbonyl (C=O) groups excluding carboxylic acids is 1. The average molecular weight is 374 g/mol. The van der Waals surface area contributed by atoms with Crippen molar-refractivity contribution >= 4 is 17.3 Å². The predicted molar refractivity (Wildman–Crippen MR) is 97.8 cm³/mol. The lowest BCUT2D eigenvalue weighted by Crippen LogP contribution is -2.40. The van der Waals surface area contributed by atoms with Gasteiger partial charge >= 0.3 is 0 Å². The largest absolute Gasteiger partial charge is 0.378 e. The van der Waals surface area contributed by atoms with Gasteiger partial charge in [-0.25, -0.2) is 0 Å². The number of nitrogens with zero attached hydrogens (tertiary/aromatic N) is 3. The lowest BCUT2D eigenvalue weighted by Gasteiger charge is -2.27. The van der Waals surface area contributed by atoms with E-state index in [-0.39, 0.29) is 17.6 Å². The van der Waals surface area contributed by atoms with Crippen LogP contribution in [0.15, 0.2) is 22.7 Å². The van der Waals surface area contributed by atoms with E-state index < -0.39 is 4.92 Å². The van der Waals surface area contributed by atoms with Gasteiger partial charge in [0.15, 0.2) is 0 Å². The Kier molecular flexibility index (Phi) is 5.41. The Morgan fingerprint density at radius 2 is 2.04 bits per heavy atom. The number of hydrogen-bond acceptors (Lipinski definition) is 7. The summed E-state index contributed by atoms with van der Waals surface area (Å²) in [6.45, 7) is 7.41. The number of benzene rings is 1. The monoisotopic (exact) mass is 374 g/mol. The van der Waals surface area contributed by atoms with Crippen LogP contribution in [0.3, 0.4) is 0 Å². The molecule has 1 unspecified atom stereocenters. The first kappa shape index (κ1) is 18.8. The van der Waals surface area contributed by atoms with Gasteiger partial charge in [-0.15, -0.1) is 0 Å². The van der Waals surface area contributed by atoms with E-state index in [2.05, 4.69) is 10.5 Å². The number of amides is 1. The van der Waals surface area contributed by atoms with E-state index >= 15 is 0 Å². The number of anilines is 1. The van der Waals surface area contributed by atoms with E-state index in [4.69, 9.17) is 9.26 Å². The van der Waals surface area contributed by atoms with E-state index in [1.165, 1.54) is 6.07 Å². The van der Waals surface area contributed by atoms with Crippen LogP contribution in [0.5, 0.6) is 0 Å². The second-order valence-corrected chi connectivity index (χ2v) is 6.50. The number of morpholine rings is 1. The van der Waals surface area contributed by atoms with Crippen LogP contribution >= 0.6 is 0 Å². The van der Waals surface area contributed by atoms with Gasteiger partial charge < -0.3 is 19.5 Å². The second-order valence-electron chi connectivity index (χ2n) is 6.50. The molecular weight excluding hydrogens is 352 g/mol. The van der Waals surface area contributed by atoms with Crippen LogP contribution in [0.2, 0.25) is 0 Å². The Balaban J connectivity index is 1.85. The van der Waals surface area contributed by atoms with Gasteiger partial charge in [0.05, 0.1) is 29.9 Å². The molecule has 2 aromatic rings. The molecule has 0 aliphatic carbocycles. The highest BCUT2D eigenvalue weighted by molar-refractivity contribution is 5.95. The van der Waals surface area contributed by atoms with Gasteiger partial charge in [0, 0.05) is 30.3 Å². The van der Waals surface area contributed by atoms with Crippen LogP contribution in [-0.2, 0) is 4.74 Å². The van der Waals surface area contributed by atoms with E-state index in [1.54, 1.807) is 24.0 Å². The minimum Gasteiger partial charge on any atom is -0.378 e. The van der Waals surface area contributed by atoms with E-state index in [9.17, 15) is 14.9 Å². The van der Waals surface area contributed by atoms with Crippen LogP contribution in [0.25, 0.3) is 0 Å². The first-order valence-electron chi connectivity index (χ1n) is 8.73. The number of rotatable bonds is 5. The molecule has 0 radical (unpaired) electrons. The number of nitro groups is 1. The summed E-state index contributed by atoms with van der Waals surface area (Å²) in [5, 5.41) is 18.6. The zero-order valence-corrected chi connectivity index (χ0v) is 15.5. The van der Waals surface area contributed by atoms with Crippen molar-refractivity contribution in [3.8, 4) is 0 Å². The average Bonchev–Trinajstić information content (AvgIpc) is 3.00. The summed E-state index contributed by atoms with van der Waals surface area (Å²) >= 11 is 0. The molecule has 1 aromatic carbocycles. The Bertz CT molecular complexity index is 838. The summed E-state index contributed by atoms with van der Waals surface area (Å²) in [6, 6.07) is 4.25. The molecule has 1 fully saturated rings. The Hall–Kier alpha value is -2.94. The number of carbonyl (C=O) groups is 1. The van der Waals surface area contributed by atoms with Gasteiger partial charge in [-0.3, -0.25) is 14.9 Å². The van der Waals surface area contributed by atoms with E-state index in [0.717, 1.165) is 11.3 Å². The van der Waals surface area contributed by atoms with Crippen LogP contribution in [-0.4, -0.2) is 47.2 Å². The molecule has 9 heteroatoms. The van der Waals surface area contributed by atoms with E-state index in [0.29, 0.717) is 43.3 Å². The van der Waals surface area contributed by atoms with Crippen LogP contribution in [0.4, 0.5) is 11.4 Å². The standard InChI is InChI=1S/C18H22N4O5/c1-11(17-12(2)20-27-13(17)3)19-15-5-4-14(10-16(15)22(24)25)18(23)21-6-8-26-9-7-21/h4-5,10-11,19H,6-9H2,1-3H3. The van der Waals surface area contributed by atoms with Crippen molar-refractivity contribution in [3.63, 3.8) is 0 Å². The highest BCUT2D eigenvalue weighted by atomic mass is 16.6. The summed E-state index contributed by atoms with van der Waals surface area (Å²) < 4.78 is 10.4. The fourth-order valence-corrected chi connectivity index (χ4v) is 3.30. The topological polar surface area (TPSA) is 111 Å². The molecule has 2 heterocycles. The SMILES string of the molecule is Cc1noc(C)c1C(C)Nc1ccc(C(=O)N2CCOCC2)cc1[N+](=O)[O-]. The molecule has 1 amide bonds. The van der Waals surface area contributed by atoms with Crippen molar-refractivity contribution in [1.29, 1.82) is 0 Å². The Labute approximate surface area is 156 Å². The normalized spacial score (nSPS) is 15.4. The molecule has 0 spiro atoms. The van der Waals surface area contributed by atoms with Gasteiger partial charge in [0.1, 0.15) is 11.4 Å². The Morgan fingerprint density at radius 3 is 2.63 bits per heavy atom. The first-order valence-corrected chi connectivity index (χ1v) is 8.73. The van der Waals surface area contributed by atoms with Gasteiger partial charge in [-0.2, -0.15) is 0 Å². The zero-order valence-electron chi connectivity index (χ0n) is 15.5. The lowest BCUT2D eigenvalue weighted by atomic mass is 10.1. The molecule has 0 saturated carbocycles. The molecule has 1 atom stereocenters. The third-order valence-electron chi connectivity index (χ3n) is 4.63. The van der Waals surface area contributed by atoms with Crippen molar-refractivity contribution in [2.24, 2.45) is 0 Å². The fourth-order valence-electron chi connectivity index (χ4n) is 3.30. The van der Waals surface area contributed by atoms with Crippen LogP contribution in [0, 0.1) is 24.0 Å². The number of ether oxygens (including phenoxy) is 1. The van der Waals surface area contributed by atoms with Crippen LogP contribution < -0.4 is 5.32 Å². The van der Waals surface area contributed by atoms with E-state index in [1.807, 2.05) is 13.8 Å². The van der Waals surface area contributed by atoms with Gasteiger partial charge in [0.2, 0.25) is 0 Å². The molecule has 27 heavy (non-hydrogen) atoms. The summed E-state index contributed by atoms with van der Waals surface area (Å²) in [7, 11) is 0. The third kappa shape index (κ3) is 3.92. The predicted octanol–water partition coefficient (Wildman–Crippen LogP) is 2.85. The van der Waals surface area contributed by atoms with Crippen molar-refractivity contribution in [2.75, 3.05) is 31.6 Å². The molecular formula is C18H22N4O5. The van der Waals surface area contributed by atoms with Crippen LogP contribution in [0.1, 0.15) is 40.3 Å². The number of hydrogen-bond donors (Lipinski definition) is 1. The van der Waals surface area contributed by atoms with Crippen molar-refractivity contribution < 1.29 is 19.0 Å². The maximum atomic E-state index is 12.6. The molecule has 1 aromatic heterocycles. The Morgan fingerprint density at radius 1 is 1.33 bits per heavy atom. The third-order valence-corrected chi connectivity index (χ3v) is 4.63. The fraction of sp³-hybridized carbons (Fsp3) is 0.444. The quantitative estimate of drug-likeness (QED) is 0.633. The van der Waals surface area contributed by atoms with Crippen molar-refractivity contribution in [2.45, 2.75) is 26.8 Å². The number of aromatic nitrogens is 1. The second kappa shape index (κ2) is 7.75. The highest BCUT2D eigenvalue weighted by Crippen LogP contribution is 2.31. The van der Waals surface area contributed by atoms with Crippen molar-refractivity contribution in [3.05, 3.63) is 50.9 Å². The number of nitro benzene ring substituents is 1. The molecule has 0 bridgehead atoms. The lowest BCUT2D eigenvalue weighted by molar-refractivity contribution is -0.384. The van der Waals surface area contributed by atoms with Gasteiger partial charge in [0.25, 0.3) is 11.6 Å². The highest BCUT2D eigenvalue weighted by Gasteiger charge is 2.24. The summed E-state index contributed by atoms with van der Waals surface area (Å²) in [6.07, 6.45) is 0. The summed E-state index contributed by atoms with van der Waals surface area (Å²) in [5.41, 5.74) is 2.07. The first-order chi connectivity index (χ1) is 12.9. The van der Waals surface area contributed by atoms with Gasteiger partial charge in [-0.1, -0.05) is 5.16 Å². The van der Waals surface area contributed by atoms with Crippen molar-refractivity contribution in [1.82, 2.24) is 10.1 Å². The van der Waals surface area contributed by atoms with Gasteiger partial charge in [-0.05, 0) is 32.9 Å². The zero-order chi connectivity index (χ0) is 19.6. The minimum atomic E-state index is -0.488. The molecule has 1 saturated heterocycles. The maximum Gasteiger partial charge on any atom is 0.293 e. The molecule has 3 rings (SSSR count). The molecule has 9 nitrogen and oxygen atoms in total. The molecule has 1 N–H and O–H groups in total. The molecule has 1 aliphatic heterocycles. The molecule has 1 aliphatic rings. The minimum absolute atomic E-state index is 0.146. The molecule has 144 valence electrons. The summed E-state index contributed by atoms with van der Waals surface area (Å²) in [5.74, 6) is 0.431.